The summed E-state index contributed by atoms with van der Waals surface area (Å²) in [5, 5.41) is 25.4. The molecule has 2 aromatic carbocycles. The Bertz CT molecular complexity index is 1000. The monoisotopic (exact) mass is 338 g/mol. The SMILES string of the molecule is O=[N+]([O-])c1cccc(C2=CC(c3ccccc3F)n3nnnc3N2)c1. The molecule has 0 saturated heterocycles. The van der Waals surface area contributed by atoms with Gasteiger partial charge in [0.2, 0.25) is 5.95 Å². The lowest BCUT2D eigenvalue weighted by Crippen LogP contribution is -2.21. The molecule has 1 aliphatic rings. The highest BCUT2D eigenvalue weighted by Gasteiger charge is 2.26. The topological polar surface area (TPSA) is 98.8 Å². The number of nitrogens with one attached hydrogen (secondary N) is 1. The highest BCUT2D eigenvalue weighted by atomic mass is 19.1. The number of nitro benzene ring substituents is 1. The van der Waals surface area contributed by atoms with Gasteiger partial charge in [-0.15, -0.1) is 0 Å². The maximum atomic E-state index is 14.3. The number of fused-ring (bicyclic) bond motifs is 1. The minimum absolute atomic E-state index is 0.0344. The smallest absolute Gasteiger partial charge is 0.270 e. The lowest BCUT2D eigenvalue weighted by atomic mass is 10.0. The molecule has 1 unspecified atom stereocenters. The molecule has 0 radical (unpaired) electrons. The van der Waals surface area contributed by atoms with E-state index in [1.54, 1.807) is 36.4 Å². The van der Waals surface area contributed by atoms with E-state index in [0.717, 1.165) is 0 Å². The number of hydrogen-bond donors (Lipinski definition) is 1. The molecule has 3 aromatic rings. The van der Waals surface area contributed by atoms with E-state index in [2.05, 4.69) is 20.8 Å². The fourth-order valence-electron chi connectivity index (χ4n) is 2.75. The summed E-state index contributed by atoms with van der Waals surface area (Å²) in [4.78, 5) is 10.5. The Morgan fingerprint density at radius 2 is 2.04 bits per heavy atom. The molecule has 0 spiro atoms. The lowest BCUT2D eigenvalue weighted by molar-refractivity contribution is -0.384. The van der Waals surface area contributed by atoms with Crippen molar-refractivity contribution in [1.29, 1.82) is 0 Å². The Morgan fingerprint density at radius 1 is 1.20 bits per heavy atom. The van der Waals surface area contributed by atoms with Crippen LogP contribution < -0.4 is 5.32 Å². The van der Waals surface area contributed by atoms with E-state index in [1.807, 2.05) is 0 Å². The summed E-state index contributed by atoms with van der Waals surface area (Å²) in [5.74, 6) is -0.0530. The molecule has 2 heterocycles. The molecule has 1 aromatic heterocycles. The highest BCUT2D eigenvalue weighted by Crippen LogP contribution is 2.33. The summed E-state index contributed by atoms with van der Waals surface area (Å²) in [6, 6.07) is 11.9. The molecule has 0 amide bonds. The summed E-state index contributed by atoms with van der Waals surface area (Å²) in [6.45, 7) is 0. The second-order valence-electron chi connectivity index (χ2n) is 5.43. The van der Waals surface area contributed by atoms with Crippen LogP contribution in [0.5, 0.6) is 0 Å². The van der Waals surface area contributed by atoms with Crippen molar-refractivity contribution in [2.45, 2.75) is 6.04 Å². The molecule has 124 valence electrons. The Balaban J connectivity index is 1.83. The minimum Gasteiger partial charge on any atom is -0.323 e. The van der Waals surface area contributed by atoms with Gasteiger partial charge in [0.25, 0.3) is 5.69 Å². The maximum absolute atomic E-state index is 14.3. The highest BCUT2D eigenvalue weighted by molar-refractivity contribution is 5.77. The van der Waals surface area contributed by atoms with Crippen LogP contribution in [0.3, 0.4) is 0 Å². The van der Waals surface area contributed by atoms with Crippen LogP contribution in [0.2, 0.25) is 0 Å². The second kappa shape index (κ2) is 5.78. The lowest BCUT2D eigenvalue weighted by Gasteiger charge is -2.23. The van der Waals surface area contributed by atoms with Crippen molar-refractivity contribution in [2.24, 2.45) is 0 Å². The van der Waals surface area contributed by atoms with Gasteiger partial charge in [-0.05, 0) is 22.6 Å². The number of rotatable bonds is 3. The quantitative estimate of drug-likeness (QED) is 0.582. The number of anilines is 1. The van der Waals surface area contributed by atoms with E-state index in [9.17, 15) is 14.5 Å². The number of aromatic nitrogens is 4. The largest absolute Gasteiger partial charge is 0.323 e. The van der Waals surface area contributed by atoms with Crippen LogP contribution in [-0.2, 0) is 0 Å². The van der Waals surface area contributed by atoms with Gasteiger partial charge in [0.1, 0.15) is 11.9 Å². The first-order valence-corrected chi connectivity index (χ1v) is 7.39. The summed E-state index contributed by atoms with van der Waals surface area (Å²) in [5.41, 5.74) is 1.53. The number of tetrazole rings is 1. The van der Waals surface area contributed by atoms with Crippen molar-refractivity contribution in [3.63, 3.8) is 0 Å². The first kappa shape index (κ1) is 14.9. The van der Waals surface area contributed by atoms with Crippen molar-refractivity contribution in [2.75, 3.05) is 5.32 Å². The summed E-state index contributed by atoms with van der Waals surface area (Å²) in [7, 11) is 0. The maximum Gasteiger partial charge on any atom is 0.270 e. The van der Waals surface area contributed by atoms with E-state index in [1.165, 1.54) is 22.9 Å². The predicted molar refractivity (Wildman–Crippen MR) is 87.1 cm³/mol. The average molecular weight is 338 g/mol. The molecule has 9 heteroatoms. The Hall–Kier alpha value is -3.62. The molecule has 8 nitrogen and oxygen atoms in total. The third-order valence-corrected chi connectivity index (χ3v) is 3.92. The van der Waals surface area contributed by atoms with Crippen molar-refractivity contribution in [3.8, 4) is 0 Å². The molecule has 0 aliphatic carbocycles. The van der Waals surface area contributed by atoms with Gasteiger partial charge < -0.3 is 5.32 Å². The van der Waals surface area contributed by atoms with E-state index in [0.29, 0.717) is 22.8 Å². The van der Waals surface area contributed by atoms with E-state index in [4.69, 9.17) is 0 Å². The molecule has 4 rings (SSSR count). The normalized spacial score (nSPS) is 15.9. The van der Waals surface area contributed by atoms with Crippen molar-refractivity contribution in [1.82, 2.24) is 20.2 Å². The number of allylic oxidation sites excluding steroid dienone is 1. The van der Waals surface area contributed by atoms with Crippen LogP contribution in [0.25, 0.3) is 5.70 Å². The van der Waals surface area contributed by atoms with Gasteiger partial charge >= 0.3 is 0 Å². The van der Waals surface area contributed by atoms with Crippen LogP contribution in [0.15, 0.2) is 54.6 Å². The van der Waals surface area contributed by atoms with E-state index < -0.39 is 11.0 Å². The number of nitrogens with zero attached hydrogens (tertiary/aromatic N) is 5. The number of hydrogen-bond acceptors (Lipinski definition) is 6. The van der Waals surface area contributed by atoms with Gasteiger partial charge in [-0.3, -0.25) is 10.1 Å². The molecule has 1 aliphatic heterocycles. The molecule has 0 fully saturated rings. The average Bonchev–Trinajstić information content (AvgIpc) is 3.10. The molecule has 25 heavy (non-hydrogen) atoms. The third kappa shape index (κ3) is 2.61. The minimum atomic E-state index is -0.568. The molecule has 0 saturated carbocycles. The van der Waals surface area contributed by atoms with Gasteiger partial charge in [0.05, 0.1) is 4.92 Å². The third-order valence-electron chi connectivity index (χ3n) is 3.92. The van der Waals surface area contributed by atoms with Crippen LogP contribution in [0, 0.1) is 15.9 Å². The zero-order chi connectivity index (χ0) is 17.4. The van der Waals surface area contributed by atoms with E-state index in [-0.39, 0.29) is 11.5 Å². The second-order valence-corrected chi connectivity index (χ2v) is 5.43. The van der Waals surface area contributed by atoms with Crippen LogP contribution in [0.4, 0.5) is 16.0 Å². The van der Waals surface area contributed by atoms with Crippen LogP contribution in [0.1, 0.15) is 17.2 Å². The first-order valence-electron chi connectivity index (χ1n) is 7.39. The van der Waals surface area contributed by atoms with Crippen LogP contribution in [-0.4, -0.2) is 25.1 Å². The number of benzene rings is 2. The van der Waals surface area contributed by atoms with Gasteiger partial charge in [-0.2, -0.15) is 4.68 Å². The van der Waals surface area contributed by atoms with Gasteiger partial charge in [-0.1, -0.05) is 35.4 Å². The molecular weight excluding hydrogens is 327 g/mol. The molecular formula is C16H11FN6O2. The summed E-state index contributed by atoms with van der Waals surface area (Å²) >= 11 is 0. The van der Waals surface area contributed by atoms with Crippen molar-refractivity contribution >= 4 is 17.3 Å². The Morgan fingerprint density at radius 3 is 2.84 bits per heavy atom. The zero-order valence-electron chi connectivity index (χ0n) is 12.7. The predicted octanol–water partition coefficient (Wildman–Crippen LogP) is 2.78. The van der Waals surface area contributed by atoms with Gasteiger partial charge in [-0.25, -0.2) is 4.39 Å². The standard InChI is InChI=1S/C16H11FN6O2/c17-13-7-2-1-6-12(13)15-9-14(18-16-19-20-21-22(15)16)10-4-3-5-11(8-10)23(24)25/h1-9,15H,(H,18,19,21). The fraction of sp³-hybridized carbons (Fsp3) is 0.0625. The zero-order valence-corrected chi connectivity index (χ0v) is 12.7. The fourth-order valence-corrected chi connectivity index (χ4v) is 2.75. The first-order chi connectivity index (χ1) is 12.1. The van der Waals surface area contributed by atoms with Gasteiger partial charge in [0, 0.05) is 29.0 Å². The molecule has 1 N–H and O–H groups in total. The Kier molecular flexibility index (Phi) is 3.46. The Labute approximate surface area is 140 Å². The van der Waals surface area contributed by atoms with Gasteiger partial charge in [0.15, 0.2) is 0 Å². The molecule has 1 atom stereocenters. The summed E-state index contributed by atoms with van der Waals surface area (Å²) in [6.07, 6.45) is 1.74. The number of nitro groups is 1. The van der Waals surface area contributed by atoms with E-state index >= 15 is 0 Å². The molecule has 0 bridgehead atoms. The number of non-ortho nitro benzene ring substituents is 1. The van der Waals surface area contributed by atoms with Crippen LogP contribution >= 0.6 is 0 Å². The van der Waals surface area contributed by atoms with Crippen molar-refractivity contribution < 1.29 is 9.31 Å². The number of halogens is 1. The summed E-state index contributed by atoms with van der Waals surface area (Å²) < 4.78 is 15.7. The van der Waals surface area contributed by atoms with Crippen molar-refractivity contribution in [3.05, 3.63) is 81.7 Å².